The number of ketones is 1. The molecule has 0 spiro atoms. The van der Waals surface area contributed by atoms with Gasteiger partial charge in [0.25, 0.3) is 0 Å². The molecule has 1 saturated carbocycles. The standard InChI is InChI=1S/C16H24O2/c1-3-11-5-6-12-13-7-8-15(17)16(13,4-2)10-9-14(12)18-11/h11,13H,3-10H2,1-2H3/t11?,13-,16-/m1/s1. The Balaban J connectivity index is 1.92. The van der Waals surface area contributed by atoms with Crippen LogP contribution >= 0.6 is 0 Å². The molecular formula is C16H24O2. The van der Waals surface area contributed by atoms with Crippen molar-refractivity contribution < 1.29 is 9.53 Å². The van der Waals surface area contributed by atoms with Gasteiger partial charge >= 0.3 is 0 Å². The predicted molar refractivity (Wildman–Crippen MR) is 71.1 cm³/mol. The number of fused-ring (bicyclic) bond motifs is 2. The molecule has 2 nitrogen and oxygen atoms in total. The monoisotopic (exact) mass is 248 g/mol. The van der Waals surface area contributed by atoms with Crippen LogP contribution in [-0.4, -0.2) is 11.9 Å². The van der Waals surface area contributed by atoms with Crippen molar-refractivity contribution in [3.8, 4) is 0 Å². The lowest BCUT2D eigenvalue weighted by atomic mass is 9.64. The van der Waals surface area contributed by atoms with Gasteiger partial charge in [0.1, 0.15) is 5.78 Å². The number of carbonyl (C=O) groups is 1. The van der Waals surface area contributed by atoms with E-state index in [1.807, 2.05) is 0 Å². The summed E-state index contributed by atoms with van der Waals surface area (Å²) >= 11 is 0. The zero-order valence-electron chi connectivity index (χ0n) is 11.6. The Hall–Kier alpha value is -0.790. The molecule has 18 heavy (non-hydrogen) atoms. The van der Waals surface area contributed by atoms with E-state index in [9.17, 15) is 4.79 Å². The smallest absolute Gasteiger partial charge is 0.139 e. The van der Waals surface area contributed by atoms with E-state index in [2.05, 4.69) is 13.8 Å². The van der Waals surface area contributed by atoms with Gasteiger partial charge in [0.05, 0.1) is 11.9 Å². The Morgan fingerprint density at radius 1 is 1.22 bits per heavy atom. The van der Waals surface area contributed by atoms with Crippen molar-refractivity contribution in [2.75, 3.05) is 0 Å². The minimum Gasteiger partial charge on any atom is -0.495 e. The molecule has 2 heteroatoms. The zero-order chi connectivity index (χ0) is 12.8. The summed E-state index contributed by atoms with van der Waals surface area (Å²) in [4.78, 5) is 12.3. The molecule has 0 aromatic carbocycles. The largest absolute Gasteiger partial charge is 0.495 e. The van der Waals surface area contributed by atoms with Crippen molar-refractivity contribution in [2.45, 2.75) is 71.3 Å². The number of ether oxygens (including phenoxy) is 1. The molecule has 0 saturated heterocycles. The van der Waals surface area contributed by atoms with Crippen molar-refractivity contribution in [3.05, 3.63) is 11.3 Å². The number of Topliss-reactive ketones (excluding diaryl/α,β-unsaturated/α-hetero) is 1. The lowest BCUT2D eigenvalue weighted by molar-refractivity contribution is -0.128. The molecule has 0 amide bonds. The summed E-state index contributed by atoms with van der Waals surface area (Å²) in [5, 5.41) is 0. The lowest BCUT2D eigenvalue weighted by Crippen LogP contribution is -2.38. The van der Waals surface area contributed by atoms with Crippen LogP contribution < -0.4 is 0 Å². The van der Waals surface area contributed by atoms with E-state index in [0.29, 0.717) is 17.8 Å². The van der Waals surface area contributed by atoms with Gasteiger partial charge < -0.3 is 4.74 Å². The molecule has 0 bridgehead atoms. The highest BCUT2D eigenvalue weighted by molar-refractivity contribution is 5.88. The molecule has 1 heterocycles. The first kappa shape index (κ1) is 12.3. The number of hydrogen-bond donors (Lipinski definition) is 0. The molecule has 3 rings (SSSR count). The normalized spacial score (nSPS) is 39.3. The van der Waals surface area contributed by atoms with Gasteiger partial charge in [0.15, 0.2) is 0 Å². The van der Waals surface area contributed by atoms with Crippen molar-refractivity contribution in [3.63, 3.8) is 0 Å². The minimum absolute atomic E-state index is 0.0127. The molecule has 100 valence electrons. The second-order valence-electron chi connectivity index (χ2n) is 6.16. The molecule has 0 aromatic heterocycles. The van der Waals surface area contributed by atoms with E-state index in [1.165, 1.54) is 17.8 Å². The van der Waals surface area contributed by atoms with Crippen LogP contribution in [0, 0.1) is 11.3 Å². The van der Waals surface area contributed by atoms with E-state index in [-0.39, 0.29) is 5.41 Å². The van der Waals surface area contributed by atoms with Crippen LogP contribution in [-0.2, 0) is 9.53 Å². The van der Waals surface area contributed by atoms with Gasteiger partial charge in [0.2, 0.25) is 0 Å². The third-order valence-corrected chi connectivity index (χ3v) is 5.59. The first-order valence-electron chi connectivity index (χ1n) is 7.63. The molecule has 1 fully saturated rings. The summed E-state index contributed by atoms with van der Waals surface area (Å²) in [5.74, 6) is 2.30. The van der Waals surface area contributed by atoms with Gasteiger partial charge in [-0.2, -0.15) is 0 Å². The molecule has 1 aliphatic heterocycles. The summed E-state index contributed by atoms with van der Waals surface area (Å²) < 4.78 is 6.14. The third kappa shape index (κ3) is 1.57. The van der Waals surface area contributed by atoms with Gasteiger partial charge in [-0.05, 0) is 50.0 Å². The highest BCUT2D eigenvalue weighted by Crippen LogP contribution is 2.56. The van der Waals surface area contributed by atoms with Gasteiger partial charge in [-0.15, -0.1) is 0 Å². The van der Waals surface area contributed by atoms with Crippen LogP contribution in [0.3, 0.4) is 0 Å². The topological polar surface area (TPSA) is 26.3 Å². The van der Waals surface area contributed by atoms with Gasteiger partial charge in [-0.1, -0.05) is 13.8 Å². The van der Waals surface area contributed by atoms with Crippen LogP contribution in [0.25, 0.3) is 0 Å². The summed E-state index contributed by atoms with van der Waals surface area (Å²) in [7, 11) is 0. The van der Waals surface area contributed by atoms with E-state index < -0.39 is 0 Å². The molecule has 0 radical (unpaired) electrons. The zero-order valence-corrected chi connectivity index (χ0v) is 11.6. The SMILES string of the molecule is CCC1CCC2=C(CC[C@@]3(CC)C(=O)CC[C@H]23)O1. The minimum atomic E-state index is -0.0127. The quantitative estimate of drug-likeness (QED) is 0.738. The molecule has 2 aliphatic carbocycles. The van der Waals surface area contributed by atoms with Gasteiger partial charge in [-0.3, -0.25) is 4.79 Å². The van der Waals surface area contributed by atoms with Crippen molar-refractivity contribution >= 4 is 5.78 Å². The van der Waals surface area contributed by atoms with Gasteiger partial charge in [-0.25, -0.2) is 0 Å². The second kappa shape index (κ2) is 4.40. The molecular weight excluding hydrogens is 224 g/mol. The van der Waals surface area contributed by atoms with E-state index in [4.69, 9.17) is 4.74 Å². The lowest BCUT2D eigenvalue weighted by Gasteiger charge is -2.43. The number of allylic oxidation sites excluding steroid dienone is 2. The van der Waals surface area contributed by atoms with Crippen LogP contribution in [0.15, 0.2) is 11.3 Å². The summed E-state index contributed by atoms with van der Waals surface area (Å²) in [5.41, 5.74) is 1.50. The molecule has 3 aliphatic rings. The van der Waals surface area contributed by atoms with Gasteiger partial charge in [0, 0.05) is 18.3 Å². The maximum atomic E-state index is 12.3. The predicted octanol–water partition coefficient (Wildman–Crippen LogP) is 4.00. The third-order valence-electron chi connectivity index (χ3n) is 5.59. The molecule has 1 unspecified atom stereocenters. The Morgan fingerprint density at radius 3 is 2.78 bits per heavy atom. The fraction of sp³-hybridized carbons (Fsp3) is 0.812. The summed E-state index contributed by atoms with van der Waals surface area (Å²) in [6.07, 6.45) is 8.79. The molecule has 0 aromatic rings. The Labute approximate surface area is 110 Å². The average molecular weight is 248 g/mol. The van der Waals surface area contributed by atoms with Crippen LogP contribution in [0.4, 0.5) is 0 Å². The summed E-state index contributed by atoms with van der Waals surface area (Å²) in [6.45, 7) is 4.40. The first-order chi connectivity index (χ1) is 8.71. The maximum absolute atomic E-state index is 12.3. The Morgan fingerprint density at radius 2 is 2.06 bits per heavy atom. The van der Waals surface area contributed by atoms with Crippen LogP contribution in [0.1, 0.15) is 65.2 Å². The van der Waals surface area contributed by atoms with E-state index in [0.717, 1.165) is 44.9 Å². The highest BCUT2D eigenvalue weighted by Gasteiger charge is 2.52. The fourth-order valence-electron chi connectivity index (χ4n) is 4.44. The Kier molecular flexibility index (Phi) is 2.99. The van der Waals surface area contributed by atoms with E-state index in [1.54, 1.807) is 0 Å². The summed E-state index contributed by atoms with van der Waals surface area (Å²) in [6, 6.07) is 0. The second-order valence-corrected chi connectivity index (χ2v) is 6.16. The number of carbonyl (C=O) groups excluding carboxylic acids is 1. The van der Waals surface area contributed by atoms with Crippen molar-refractivity contribution in [1.82, 2.24) is 0 Å². The number of rotatable bonds is 2. The van der Waals surface area contributed by atoms with E-state index >= 15 is 0 Å². The molecule has 0 N–H and O–H groups in total. The Bertz CT molecular complexity index is 396. The molecule has 3 atom stereocenters. The van der Waals surface area contributed by atoms with Crippen molar-refractivity contribution in [2.24, 2.45) is 11.3 Å². The number of hydrogen-bond acceptors (Lipinski definition) is 2. The van der Waals surface area contributed by atoms with Crippen LogP contribution in [0.2, 0.25) is 0 Å². The highest BCUT2D eigenvalue weighted by atomic mass is 16.5. The average Bonchev–Trinajstić information content (AvgIpc) is 2.76. The van der Waals surface area contributed by atoms with Crippen molar-refractivity contribution in [1.29, 1.82) is 0 Å². The maximum Gasteiger partial charge on any atom is 0.139 e. The first-order valence-corrected chi connectivity index (χ1v) is 7.63. The fourth-order valence-corrected chi connectivity index (χ4v) is 4.44. The van der Waals surface area contributed by atoms with Crippen LogP contribution in [0.5, 0.6) is 0 Å².